The van der Waals surface area contributed by atoms with Crippen LogP contribution in [0.15, 0.2) is 58.5 Å². The lowest BCUT2D eigenvalue weighted by atomic mass is 10.2. The molecule has 0 saturated heterocycles. The molecule has 0 radical (unpaired) electrons. The van der Waals surface area contributed by atoms with E-state index in [1.54, 1.807) is 6.92 Å². The maximum atomic E-state index is 13.7. The van der Waals surface area contributed by atoms with Crippen LogP contribution in [0.4, 0.5) is 13.2 Å². The lowest BCUT2D eigenvalue weighted by Gasteiger charge is -2.12. The fourth-order valence-electron chi connectivity index (χ4n) is 3.01. The smallest absolute Gasteiger partial charge is 0.376 e. The number of nitrogens with zero attached hydrogens (tertiary/aromatic N) is 3. The summed E-state index contributed by atoms with van der Waals surface area (Å²) in [5, 5.41) is 9.37. The van der Waals surface area contributed by atoms with E-state index in [0.717, 1.165) is 17.3 Å². The monoisotopic (exact) mass is 465 g/mol. The van der Waals surface area contributed by atoms with Gasteiger partial charge in [0.2, 0.25) is 0 Å². The van der Waals surface area contributed by atoms with Crippen LogP contribution in [0.5, 0.6) is 0 Å². The summed E-state index contributed by atoms with van der Waals surface area (Å²) in [4.78, 5) is 4.34. The van der Waals surface area contributed by atoms with Crippen molar-refractivity contribution in [3.8, 4) is 6.07 Å². The van der Waals surface area contributed by atoms with Crippen LogP contribution in [-0.4, -0.2) is 16.2 Å². The van der Waals surface area contributed by atoms with Gasteiger partial charge in [0.05, 0.1) is 24.8 Å². The fourth-order valence-corrected chi connectivity index (χ4v) is 4.51. The van der Waals surface area contributed by atoms with Crippen LogP contribution in [0.2, 0.25) is 5.02 Å². The second-order valence-electron chi connectivity index (χ2n) is 6.60. The van der Waals surface area contributed by atoms with Crippen molar-refractivity contribution in [2.45, 2.75) is 42.6 Å². The highest BCUT2D eigenvalue weighted by Crippen LogP contribution is 2.40. The highest BCUT2D eigenvalue weighted by atomic mass is 35.5. The molecule has 0 N–H and O–H groups in total. The molecule has 31 heavy (non-hydrogen) atoms. The largest absolute Gasteiger partial charge is 0.436 e. The van der Waals surface area contributed by atoms with Gasteiger partial charge in [0.25, 0.3) is 0 Å². The zero-order chi connectivity index (χ0) is 22.4. The van der Waals surface area contributed by atoms with Gasteiger partial charge < -0.3 is 9.30 Å². The number of aromatic nitrogens is 2. The van der Waals surface area contributed by atoms with Crippen LogP contribution >= 0.6 is 23.4 Å². The van der Waals surface area contributed by atoms with Crippen LogP contribution in [0.25, 0.3) is 0 Å². The minimum atomic E-state index is -4.61. The number of rotatable bonds is 8. The molecule has 0 amide bonds. The van der Waals surface area contributed by atoms with Crippen LogP contribution in [0.3, 0.4) is 0 Å². The Hall–Kier alpha value is -2.47. The molecule has 0 bridgehead atoms. The second kappa shape index (κ2) is 10.2. The molecule has 0 atom stereocenters. The Balaban J connectivity index is 1.83. The molecule has 0 unspecified atom stereocenters. The molecule has 0 spiro atoms. The Labute approximate surface area is 187 Å². The summed E-state index contributed by atoms with van der Waals surface area (Å²) >= 11 is 6.91. The fraction of sp³-hybridized carbons (Fsp3) is 0.273. The molecule has 0 saturated carbocycles. The average Bonchev–Trinajstić information content (AvgIpc) is 3.09. The van der Waals surface area contributed by atoms with Crippen molar-refractivity contribution in [3.63, 3.8) is 0 Å². The molecule has 0 aliphatic heterocycles. The molecule has 0 fully saturated rings. The normalized spacial score (nSPS) is 11.5. The third-order valence-electron chi connectivity index (χ3n) is 4.38. The van der Waals surface area contributed by atoms with E-state index in [1.807, 2.05) is 36.4 Å². The van der Waals surface area contributed by atoms with Gasteiger partial charge in [-0.2, -0.15) is 18.4 Å². The average molecular weight is 466 g/mol. The van der Waals surface area contributed by atoms with E-state index >= 15 is 0 Å². The molecular weight excluding hydrogens is 447 g/mol. The third-order valence-corrected chi connectivity index (χ3v) is 5.68. The summed E-state index contributed by atoms with van der Waals surface area (Å²) in [5.74, 6) is 0.299. The van der Waals surface area contributed by atoms with Crippen molar-refractivity contribution >= 4 is 23.4 Å². The number of alkyl halides is 3. The molecule has 1 aromatic heterocycles. The van der Waals surface area contributed by atoms with Gasteiger partial charge in [-0.05, 0) is 30.7 Å². The molecule has 4 nitrogen and oxygen atoms in total. The van der Waals surface area contributed by atoms with Crippen molar-refractivity contribution < 1.29 is 17.9 Å². The lowest BCUT2D eigenvalue weighted by Crippen LogP contribution is -2.08. The first kappa shape index (κ1) is 23.2. The van der Waals surface area contributed by atoms with Crippen molar-refractivity contribution in [2.24, 2.45) is 0 Å². The number of imidazole rings is 1. The van der Waals surface area contributed by atoms with Gasteiger partial charge in [-0.15, -0.1) is 0 Å². The summed E-state index contributed by atoms with van der Waals surface area (Å²) in [7, 11) is 0. The van der Waals surface area contributed by atoms with E-state index in [4.69, 9.17) is 21.6 Å². The van der Waals surface area contributed by atoms with Gasteiger partial charge in [-0.1, -0.05) is 53.7 Å². The molecule has 1 heterocycles. The van der Waals surface area contributed by atoms with E-state index in [-0.39, 0.29) is 28.6 Å². The minimum Gasteiger partial charge on any atom is -0.376 e. The van der Waals surface area contributed by atoms with Crippen LogP contribution in [0.1, 0.15) is 29.6 Å². The first-order valence-electron chi connectivity index (χ1n) is 9.48. The van der Waals surface area contributed by atoms with E-state index in [2.05, 4.69) is 4.98 Å². The third kappa shape index (κ3) is 6.03. The second-order valence-corrected chi connectivity index (χ2v) is 8.10. The van der Waals surface area contributed by atoms with Crippen molar-refractivity contribution in [1.82, 2.24) is 9.55 Å². The summed E-state index contributed by atoms with van der Waals surface area (Å²) in [6.07, 6.45) is -4.37. The first-order chi connectivity index (χ1) is 14.8. The summed E-state index contributed by atoms with van der Waals surface area (Å²) in [5.41, 5.74) is 0.319. The highest BCUT2D eigenvalue weighted by Gasteiger charge is 2.39. The van der Waals surface area contributed by atoms with E-state index in [9.17, 15) is 13.2 Å². The molecule has 0 aliphatic carbocycles. The van der Waals surface area contributed by atoms with Gasteiger partial charge in [0.15, 0.2) is 5.69 Å². The van der Waals surface area contributed by atoms with Gasteiger partial charge >= 0.3 is 6.18 Å². The Morgan fingerprint density at radius 2 is 1.94 bits per heavy atom. The van der Waals surface area contributed by atoms with Crippen LogP contribution in [-0.2, 0) is 30.5 Å². The number of hydrogen-bond acceptors (Lipinski definition) is 4. The molecule has 3 rings (SSSR count). The number of benzene rings is 2. The molecule has 3 aromatic rings. The Kier molecular flexibility index (Phi) is 7.65. The van der Waals surface area contributed by atoms with E-state index < -0.39 is 11.9 Å². The Bertz CT molecular complexity index is 1080. The van der Waals surface area contributed by atoms with Gasteiger partial charge in [0.1, 0.15) is 10.9 Å². The van der Waals surface area contributed by atoms with Crippen molar-refractivity contribution in [1.29, 1.82) is 5.26 Å². The maximum Gasteiger partial charge on any atom is 0.436 e. The number of ether oxygens (including phenoxy) is 1. The van der Waals surface area contributed by atoms with Crippen molar-refractivity contribution in [3.05, 3.63) is 76.2 Å². The van der Waals surface area contributed by atoms with E-state index in [0.29, 0.717) is 23.9 Å². The van der Waals surface area contributed by atoms with Gasteiger partial charge in [-0.25, -0.2) is 4.98 Å². The molecule has 2 aromatic carbocycles. The summed E-state index contributed by atoms with van der Waals surface area (Å²) < 4.78 is 48.3. The predicted octanol–water partition coefficient (Wildman–Crippen LogP) is 6.36. The maximum absolute atomic E-state index is 13.7. The summed E-state index contributed by atoms with van der Waals surface area (Å²) in [6.45, 7) is 2.69. The molecular formula is C22H19ClF3N3OS. The zero-order valence-electron chi connectivity index (χ0n) is 16.6. The zero-order valence-corrected chi connectivity index (χ0v) is 18.2. The predicted molar refractivity (Wildman–Crippen MR) is 113 cm³/mol. The van der Waals surface area contributed by atoms with Gasteiger partial charge in [0, 0.05) is 22.9 Å². The quantitative estimate of drug-likeness (QED) is 0.363. The number of halogens is 4. The number of hydrogen-bond donors (Lipinski definition) is 0. The lowest BCUT2D eigenvalue weighted by molar-refractivity contribution is -0.143. The highest BCUT2D eigenvalue weighted by molar-refractivity contribution is 7.99. The molecule has 162 valence electrons. The van der Waals surface area contributed by atoms with Gasteiger partial charge in [-0.3, -0.25) is 0 Å². The standard InChI is InChI=1S/C22H19ClF3N3OS/c1-2-29-19(8-9-30-14-15-6-4-3-5-7-15)28-20(22(24,25)26)21(29)31-18-11-16(13-27)10-17(23)12-18/h3-7,10-12H,2,8-9,14H2,1H3. The molecule has 9 heteroatoms. The first-order valence-corrected chi connectivity index (χ1v) is 10.7. The van der Waals surface area contributed by atoms with E-state index in [1.165, 1.54) is 22.8 Å². The Morgan fingerprint density at radius 3 is 2.58 bits per heavy atom. The van der Waals surface area contributed by atoms with Crippen LogP contribution in [0, 0.1) is 11.3 Å². The molecule has 0 aliphatic rings. The van der Waals surface area contributed by atoms with Crippen molar-refractivity contribution in [2.75, 3.05) is 6.61 Å². The summed E-state index contributed by atoms with van der Waals surface area (Å²) in [6, 6.07) is 16.0. The Morgan fingerprint density at radius 1 is 1.19 bits per heavy atom. The minimum absolute atomic E-state index is 0.0285. The van der Waals surface area contributed by atoms with Crippen LogP contribution < -0.4 is 0 Å². The topological polar surface area (TPSA) is 50.8 Å². The number of nitriles is 1. The SMILES string of the molecule is CCn1c(CCOCc2ccccc2)nc(C(F)(F)F)c1Sc1cc(Cl)cc(C#N)c1.